The molecule has 188 valence electrons. The monoisotopic (exact) mass is 509 g/mol. The number of aromatic nitrogens is 1. The van der Waals surface area contributed by atoms with Crippen LogP contribution >= 0.6 is 11.6 Å². The van der Waals surface area contributed by atoms with E-state index < -0.39 is 29.0 Å². The predicted molar refractivity (Wildman–Crippen MR) is 135 cm³/mol. The van der Waals surface area contributed by atoms with Crippen molar-refractivity contribution in [3.8, 4) is 0 Å². The van der Waals surface area contributed by atoms with Crippen LogP contribution in [0, 0.1) is 5.92 Å². The smallest absolute Gasteiger partial charge is 0.304 e. The van der Waals surface area contributed by atoms with Gasteiger partial charge in [0.2, 0.25) is 17.2 Å². The number of fused-ring (bicyclic) bond motifs is 1. The number of hydrazine groups is 1. The second kappa shape index (κ2) is 10.9. The average Bonchev–Trinajstić information content (AvgIpc) is 2.85. The zero-order valence-corrected chi connectivity index (χ0v) is 21.6. The molecular formula is C27H28ClN3O5. The summed E-state index contributed by atoms with van der Waals surface area (Å²) in [6.07, 6.45) is 12.6. The largest absolute Gasteiger partial charge is 0.443 e. The molecule has 0 spiro atoms. The maximum atomic E-state index is 13.3. The topological polar surface area (TPSA) is 106 Å². The molecule has 36 heavy (non-hydrogen) atoms. The minimum Gasteiger partial charge on any atom is -0.443 e. The van der Waals surface area contributed by atoms with Crippen LogP contribution in [0.1, 0.15) is 51.4 Å². The third-order valence-electron chi connectivity index (χ3n) is 5.89. The zero-order chi connectivity index (χ0) is 26.6. The number of allylic oxidation sites excluding steroid dienone is 6. The molecule has 1 aliphatic heterocycles. The highest BCUT2D eigenvalue weighted by Gasteiger charge is 2.52. The van der Waals surface area contributed by atoms with Gasteiger partial charge in [0.25, 0.3) is 5.91 Å². The van der Waals surface area contributed by atoms with Crippen molar-refractivity contribution in [2.75, 3.05) is 0 Å². The Labute approximate surface area is 215 Å². The first kappa shape index (κ1) is 26.8. The van der Waals surface area contributed by atoms with Crippen molar-refractivity contribution in [1.29, 1.82) is 0 Å². The number of amides is 1. The molecule has 1 aromatic rings. The van der Waals surface area contributed by atoms with Crippen LogP contribution in [-0.2, 0) is 19.1 Å². The summed E-state index contributed by atoms with van der Waals surface area (Å²) in [5, 5.41) is 1.14. The minimum absolute atomic E-state index is 0.0300. The summed E-state index contributed by atoms with van der Waals surface area (Å²) in [6.45, 7) is 8.48. The number of carbonyl (C=O) groups is 4. The van der Waals surface area contributed by atoms with Gasteiger partial charge in [-0.15, -0.1) is 0 Å². The predicted octanol–water partition coefficient (Wildman–Crippen LogP) is 4.32. The molecular weight excluding hydrogens is 482 g/mol. The van der Waals surface area contributed by atoms with Gasteiger partial charge in [0.05, 0.1) is 10.7 Å². The number of pyridine rings is 1. The van der Waals surface area contributed by atoms with E-state index in [2.05, 4.69) is 30.3 Å². The highest BCUT2D eigenvalue weighted by molar-refractivity contribution is 6.49. The minimum atomic E-state index is -2.10. The van der Waals surface area contributed by atoms with Gasteiger partial charge >= 0.3 is 5.97 Å². The van der Waals surface area contributed by atoms with Crippen LogP contribution in [0.3, 0.4) is 0 Å². The Balaban J connectivity index is 2.08. The number of hydrogen-bond donors (Lipinski definition) is 1. The van der Waals surface area contributed by atoms with Crippen LogP contribution in [0.4, 0.5) is 0 Å². The molecule has 0 aromatic carbocycles. The summed E-state index contributed by atoms with van der Waals surface area (Å²) in [5.41, 5.74) is 2.68. The number of ether oxygens (including phenoxy) is 1. The van der Waals surface area contributed by atoms with Crippen LogP contribution in [0.5, 0.6) is 0 Å². The fourth-order valence-corrected chi connectivity index (χ4v) is 4.08. The molecule has 0 saturated heterocycles. The summed E-state index contributed by atoms with van der Waals surface area (Å²) in [4.78, 5) is 54.7. The number of nitrogens with zero attached hydrogens (tertiary/aromatic N) is 2. The lowest BCUT2D eigenvalue weighted by Gasteiger charge is -2.35. The maximum Gasteiger partial charge on any atom is 0.304 e. The average molecular weight is 510 g/mol. The molecule has 2 heterocycles. The molecule has 1 aliphatic carbocycles. The van der Waals surface area contributed by atoms with Crippen LogP contribution in [-0.4, -0.2) is 39.0 Å². The molecule has 8 nitrogen and oxygen atoms in total. The lowest BCUT2D eigenvalue weighted by Crippen LogP contribution is -2.52. The SMILES string of the molecule is CC[C@H](C)/C=C(C)/C=C/C1=CC2=C(Cl)C(=O)[C@](C)(OC(C)=O)C(=O)C2=CN1NC(=O)c1ccncc1. The Kier molecular flexibility index (Phi) is 8.10. The summed E-state index contributed by atoms with van der Waals surface area (Å²) in [6, 6.07) is 3.10. The fourth-order valence-electron chi connectivity index (χ4n) is 3.74. The highest BCUT2D eigenvalue weighted by atomic mass is 35.5. The quantitative estimate of drug-likeness (QED) is 0.331. The first-order valence-electron chi connectivity index (χ1n) is 11.5. The van der Waals surface area contributed by atoms with Crippen molar-refractivity contribution in [3.63, 3.8) is 0 Å². The summed E-state index contributed by atoms with van der Waals surface area (Å²) < 4.78 is 5.11. The van der Waals surface area contributed by atoms with E-state index >= 15 is 0 Å². The maximum absolute atomic E-state index is 13.3. The lowest BCUT2D eigenvalue weighted by atomic mass is 9.79. The van der Waals surface area contributed by atoms with E-state index in [1.165, 1.54) is 30.5 Å². The third-order valence-corrected chi connectivity index (χ3v) is 6.26. The molecule has 0 fully saturated rings. The van der Waals surface area contributed by atoms with Crippen molar-refractivity contribution in [1.82, 2.24) is 15.4 Å². The number of halogens is 1. The molecule has 3 rings (SSSR count). The molecule has 1 amide bonds. The van der Waals surface area contributed by atoms with E-state index in [0.29, 0.717) is 17.2 Å². The van der Waals surface area contributed by atoms with Crippen molar-refractivity contribution in [2.45, 2.75) is 46.6 Å². The van der Waals surface area contributed by atoms with Crippen molar-refractivity contribution in [3.05, 3.63) is 88.0 Å². The van der Waals surface area contributed by atoms with Crippen molar-refractivity contribution >= 4 is 35.0 Å². The molecule has 0 unspecified atom stereocenters. The van der Waals surface area contributed by atoms with Crippen molar-refractivity contribution < 1.29 is 23.9 Å². The summed E-state index contributed by atoms with van der Waals surface area (Å²) in [5.74, 6) is -2.40. The molecule has 0 bridgehead atoms. The van der Waals surface area contributed by atoms with Gasteiger partial charge in [0, 0.05) is 42.2 Å². The third kappa shape index (κ3) is 5.54. The van der Waals surface area contributed by atoms with Gasteiger partial charge in [-0.05, 0) is 44.1 Å². The van der Waals surface area contributed by atoms with E-state index in [1.807, 2.05) is 13.0 Å². The second-order valence-corrected chi connectivity index (χ2v) is 9.18. The van der Waals surface area contributed by atoms with Gasteiger partial charge in [-0.3, -0.25) is 34.6 Å². The van der Waals surface area contributed by atoms with Crippen LogP contribution < -0.4 is 5.43 Å². The standard InChI is InChI=1S/C27H28ClN3O5/c1-6-16(2)13-17(3)7-8-20-14-21-22(15-31(20)30-26(35)19-9-11-29-12-10-19)24(33)27(5,36-18(4)32)25(34)23(21)28/h7-16H,6H2,1-5H3,(H,30,35)/b8-7+,17-13+/t16-,27+/m0/s1. The summed E-state index contributed by atoms with van der Waals surface area (Å²) >= 11 is 6.39. The first-order valence-corrected chi connectivity index (χ1v) is 11.8. The van der Waals surface area contributed by atoms with Crippen LogP contribution in [0.2, 0.25) is 0 Å². The Hall–Kier alpha value is -3.78. The molecule has 1 N–H and O–H groups in total. The Morgan fingerprint density at radius 1 is 1.22 bits per heavy atom. The number of hydrogen-bond acceptors (Lipinski definition) is 7. The van der Waals surface area contributed by atoms with Gasteiger partial charge in [0.15, 0.2) is 0 Å². The van der Waals surface area contributed by atoms with E-state index in [-0.39, 0.29) is 16.2 Å². The Bertz CT molecular complexity index is 1260. The molecule has 2 atom stereocenters. The number of esters is 1. The zero-order valence-electron chi connectivity index (χ0n) is 20.8. The number of nitrogens with one attached hydrogen (secondary N) is 1. The highest BCUT2D eigenvalue weighted by Crippen LogP contribution is 2.39. The molecule has 2 aliphatic rings. The summed E-state index contributed by atoms with van der Waals surface area (Å²) in [7, 11) is 0. The lowest BCUT2D eigenvalue weighted by molar-refractivity contribution is -0.167. The van der Waals surface area contributed by atoms with Crippen LogP contribution in [0.25, 0.3) is 0 Å². The van der Waals surface area contributed by atoms with Gasteiger partial charge in [-0.2, -0.15) is 0 Å². The number of ketones is 2. The van der Waals surface area contributed by atoms with Crippen LogP contribution in [0.15, 0.2) is 82.5 Å². The van der Waals surface area contributed by atoms with E-state index in [0.717, 1.165) is 18.9 Å². The molecule has 0 radical (unpaired) electrons. The van der Waals surface area contributed by atoms with E-state index in [1.54, 1.807) is 24.3 Å². The molecule has 9 heteroatoms. The number of Topliss-reactive ketones (excluding diaryl/α,β-unsaturated/α-hetero) is 2. The fraction of sp³-hybridized carbons (Fsp3) is 0.296. The number of rotatable bonds is 7. The second-order valence-electron chi connectivity index (χ2n) is 8.80. The normalized spacial score (nSPS) is 21.2. The Morgan fingerprint density at radius 3 is 2.50 bits per heavy atom. The van der Waals surface area contributed by atoms with E-state index in [4.69, 9.17) is 16.3 Å². The first-order chi connectivity index (χ1) is 17.0. The Morgan fingerprint density at radius 2 is 1.89 bits per heavy atom. The molecule has 0 saturated carbocycles. The van der Waals surface area contributed by atoms with Gasteiger partial charge in [-0.25, -0.2) is 0 Å². The van der Waals surface area contributed by atoms with Crippen molar-refractivity contribution in [2.24, 2.45) is 5.92 Å². The molecule has 1 aromatic heterocycles. The van der Waals surface area contributed by atoms with Gasteiger partial charge in [-0.1, -0.05) is 49.6 Å². The number of carbonyl (C=O) groups excluding carboxylic acids is 4. The van der Waals surface area contributed by atoms with E-state index in [9.17, 15) is 19.2 Å². The van der Waals surface area contributed by atoms with Gasteiger partial charge < -0.3 is 4.74 Å². The van der Waals surface area contributed by atoms with Gasteiger partial charge in [0.1, 0.15) is 0 Å².